The third kappa shape index (κ3) is 5.03. The van der Waals surface area contributed by atoms with Gasteiger partial charge in [-0.05, 0) is 55.5 Å². The Morgan fingerprint density at radius 2 is 1.63 bits per heavy atom. The number of nitrogens with two attached hydrogens (primary N) is 1. The number of nitriles is 1. The minimum Gasteiger partial charge on any atom is -0.399 e. The molecule has 0 spiro atoms. The van der Waals surface area contributed by atoms with Crippen LogP contribution in [-0.4, -0.2) is 17.6 Å². The van der Waals surface area contributed by atoms with E-state index in [9.17, 15) is 19.6 Å². The van der Waals surface area contributed by atoms with Gasteiger partial charge in [0, 0.05) is 35.7 Å². The van der Waals surface area contributed by atoms with Crippen molar-refractivity contribution in [1.29, 1.82) is 5.26 Å². The Morgan fingerprint density at radius 1 is 1.04 bits per heavy atom. The van der Waals surface area contributed by atoms with Gasteiger partial charge in [-0.2, -0.15) is 5.26 Å². The second-order valence-corrected chi connectivity index (χ2v) is 5.72. The Labute approximate surface area is 156 Å². The highest BCUT2D eigenvalue weighted by Gasteiger charge is 2.15. The van der Waals surface area contributed by atoms with Crippen molar-refractivity contribution in [2.24, 2.45) is 0 Å². The van der Waals surface area contributed by atoms with Crippen molar-refractivity contribution in [1.82, 2.24) is 0 Å². The van der Waals surface area contributed by atoms with Crippen molar-refractivity contribution in [3.05, 3.63) is 65.9 Å². The molecule has 2 rings (SSSR count). The number of nitrogens with one attached hydrogen (secondary N) is 1. The molecule has 7 heteroatoms. The first-order chi connectivity index (χ1) is 12.8. The maximum Gasteiger partial charge on any atom is 0.267 e. The highest BCUT2D eigenvalue weighted by molar-refractivity contribution is 6.08. The zero-order valence-corrected chi connectivity index (χ0v) is 14.9. The number of ketones is 1. The zero-order chi connectivity index (χ0) is 20.0. The third-order valence-corrected chi connectivity index (χ3v) is 3.68. The van der Waals surface area contributed by atoms with Crippen LogP contribution in [0.1, 0.15) is 24.2 Å². The Balaban J connectivity index is 2.25. The van der Waals surface area contributed by atoms with E-state index in [1.165, 1.54) is 24.9 Å². The maximum atomic E-state index is 12.4. The van der Waals surface area contributed by atoms with Crippen molar-refractivity contribution in [3.63, 3.8) is 0 Å². The van der Waals surface area contributed by atoms with E-state index in [2.05, 4.69) is 5.32 Å². The van der Waals surface area contributed by atoms with E-state index in [0.717, 1.165) is 0 Å². The normalized spacial score (nSPS) is 10.6. The highest BCUT2D eigenvalue weighted by atomic mass is 16.2. The molecule has 0 heterocycles. The van der Waals surface area contributed by atoms with Crippen LogP contribution in [0.3, 0.4) is 0 Å². The van der Waals surface area contributed by atoms with Crippen LogP contribution in [0.2, 0.25) is 0 Å². The number of nitrogens with zero attached hydrogens (tertiary/aromatic N) is 2. The first kappa shape index (κ1) is 19.4. The Bertz CT molecular complexity index is 939. The van der Waals surface area contributed by atoms with Gasteiger partial charge >= 0.3 is 0 Å². The Hall–Kier alpha value is -3.92. The molecule has 0 atom stereocenters. The molecule has 0 aliphatic rings. The number of hydrogen-bond donors (Lipinski definition) is 2. The van der Waals surface area contributed by atoms with Crippen LogP contribution in [0.5, 0.6) is 0 Å². The molecule has 2 amide bonds. The monoisotopic (exact) mass is 362 g/mol. The average Bonchev–Trinajstić information content (AvgIpc) is 2.63. The summed E-state index contributed by atoms with van der Waals surface area (Å²) >= 11 is 0. The lowest BCUT2D eigenvalue weighted by Gasteiger charge is -2.17. The fourth-order valence-electron chi connectivity index (χ4n) is 2.24. The predicted octanol–water partition coefficient (Wildman–Crippen LogP) is 2.87. The second-order valence-electron chi connectivity index (χ2n) is 5.72. The number of nitrogen functional groups attached to an aromatic ring is 1. The molecule has 0 radical (unpaired) electrons. The lowest BCUT2D eigenvalue weighted by Crippen LogP contribution is -2.25. The van der Waals surface area contributed by atoms with Crippen molar-refractivity contribution in [2.45, 2.75) is 13.8 Å². The van der Waals surface area contributed by atoms with Gasteiger partial charge in [-0.3, -0.25) is 19.3 Å². The maximum absolute atomic E-state index is 12.4. The number of carbonyl (C=O) groups is 3. The van der Waals surface area contributed by atoms with Crippen molar-refractivity contribution < 1.29 is 14.4 Å². The van der Waals surface area contributed by atoms with Gasteiger partial charge in [-0.1, -0.05) is 0 Å². The molecule has 0 bridgehead atoms. The highest BCUT2D eigenvalue weighted by Crippen LogP contribution is 2.19. The first-order valence-electron chi connectivity index (χ1n) is 8.01. The van der Waals surface area contributed by atoms with Gasteiger partial charge in [0.05, 0.1) is 0 Å². The smallest absolute Gasteiger partial charge is 0.267 e. The van der Waals surface area contributed by atoms with Crippen LogP contribution >= 0.6 is 0 Å². The summed E-state index contributed by atoms with van der Waals surface area (Å²) < 4.78 is 0. The molecule has 0 unspecified atom stereocenters. The number of Topliss-reactive ketones (excluding diaryl/α,β-unsaturated/α-hetero) is 1. The summed E-state index contributed by atoms with van der Waals surface area (Å²) in [6.45, 7) is 2.76. The number of carbonyl (C=O) groups excluding carboxylic acids is 3. The molecule has 3 N–H and O–H groups in total. The average molecular weight is 362 g/mol. The van der Waals surface area contributed by atoms with Gasteiger partial charge in [0.1, 0.15) is 11.6 Å². The van der Waals surface area contributed by atoms with Gasteiger partial charge < -0.3 is 11.1 Å². The molecular formula is C20H18N4O3. The van der Waals surface area contributed by atoms with Crippen LogP contribution in [0.4, 0.5) is 17.1 Å². The lowest BCUT2D eigenvalue weighted by molar-refractivity contribution is -0.116. The lowest BCUT2D eigenvalue weighted by atomic mass is 10.1. The molecule has 0 aromatic heterocycles. The van der Waals surface area contributed by atoms with E-state index in [1.54, 1.807) is 54.6 Å². The molecule has 136 valence electrons. The molecular weight excluding hydrogens is 344 g/mol. The fraction of sp³-hybridized carbons (Fsp3) is 0.100. The molecule has 2 aromatic carbocycles. The number of benzene rings is 2. The number of amides is 2. The van der Waals surface area contributed by atoms with Gasteiger partial charge in [-0.25, -0.2) is 0 Å². The molecule has 2 aromatic rings. The number of hydrogen-bond acceptors (Lipinski definition) is 5. The molecule has 0 saturated heterocycles. The largest absolute Gasteiger partial charge is 0.399 e. The van der Waals surface area contributed by atoms with Crippen LogP contribution in [0.25, 0.3) is 0 Å². The van der Waals surface area contributed by atoms with E-state index in [-0.39, 0.29) is 17.3 Å². The Kier molecular flexibility index (Phi) is 6.07. The molecule has 0 saturated carbocycles. The van der Waals surface area contributed by atoms with E-state index in [4.69, 9.17) is 5.73 Å². The number of rotatable bonds is 5. The molecule has 0 fully saturated rings. The summed E-state index contributed by atoms with van der Waals surface area (Å²) in [6.07, 6.45) is 1.17. The molecule has 0 aliphatic carbocycles. The quantitative estimate of drug-likeness (QED) is 0.367. The third-order valence-electron chi connectivity index (χ3n) is 3.68. The van der Waals surface area contributed by atoms with Gasteiger partial charge in [0.2, 0.25) is 5.91 Å². The van der Waals surface area contributed by atoms with Crippen LogP contribution < -0.4 is 16.0 Å². The minimum absolute atomic E-state index is 0.0916. The van der Waals surface area contributed by atoms with Gasteiger partial charge in [-0.15, -0.1) is 0 Å². The van der Waals surface area contributed by atoms with Crippen molar-refractivity contribution in [2.75, 3.05) is 16.0 Å². The summed E-state index contributed by atoms with van der Waals surface area (Å²) in [5.41, 5.74) is 7.32. The SMILES string of the molecule is CC(=O)c1ccc(NC(=O)/C(C#N)=C\N(C(C)=O)c2ccc(N)cc2)cc1. The minimum atomic E-state index is -0.672. The van der Waals surface area contributed by atoms with Crippen LogP contribution in [-0.2, 0) is 9.59 Å². The van der Waals surface area contributed by atoms with Crippen molar-refractivity contribution in [3.8, 4) is 6.07 Å². The van der Waals surface area contributed by atoms with Gasteiger partial charge in [0.15, 0.2) is 5.78 Å². The van der Waals surface area contributed by atoms with E-state index in [0.29, 0.717) is 22.6 Å². The summed E-state index contributed by atoms with van der Waals surface area (Å²) in [6, 6.07) is 14.5. The van der Waals surface area contributed by atoms with E-state index < -0.39 is 5.91 Å². The second kappa shape index (κ2) is 8.45. The fourth-order valence-corrected chi connectivity index (χ4v) is 2.24. The first-order valence-corrected chi connectivity index (χ1v) is 8.01. The molecule has 27 heavy (non-hydrogen) atoms. The number of anilines is 3. The zero-order valence-electron chi connectivity index (χ0n) is 14.9. The summed E-state index contributed by atoms with van der Waals surface area (Å²) in [5.74, 6) is -1.13. The van der Waals surface area contributed by atoms with E-state index >= 15 is 0 Å². The molecule has 0 aliphatic heterocycles. The van der Waals surface area contributed by atoms with Crippen molar-refractivity contribution >= 4 is 34.7 Å². The van der Waals surface area contributed by atoms with Crippen LogP contribution in [0.15, 0.2) is 60.3 Å². The summed E-state index contributed by atoms with van der Waals surface area (Å²) in [5, 5.41) is 11.9. The Morgan fingerprint density at radius 3 is 2.11 bits per heavy atom. The van der Waals surface area contributed by atoms with Crippen LogP contribution in [0, 0.1) is 11.3 Å². The van der Waals surface area contributed by atoms with E-state index in [1.807, 2.05) is 0 Å². The molecule has 7 nitrogen and oxygen atoms in total. The van der Waals surface area contributed by atoms with Gasteiger partial charge in [0.25, 0.3) is 5.91 Å². The topological polar surface area (TPSA) is 116 Å². The standard InChI is InChI=1S/C20H18N4O3/c1-13(25)15-3-7-18(8-4-15)23-20(27)16(11-21)12-24(14(2)26)19-9-5-17(22)6-10-19/h3-10,12H,22H2,1-2H3,(H,23,27)/b16-12-. The summed E-state index contributed by atoms with van der Waals surface area (Å²) in [4.78, 5) is 36.8. The summed E-state index contributed by atoms with van der Waals surface area (Å²) in [7, 11) is 0. The predicted molar refractivity (Wildman–Crippen MR) is 103 cm³/mol.